The van der Waals surface area contributed by atoms with Crippen LogP contribution < -0.4 is 5.32 Å². The van der Waals surface area contributed by atoms with Gasteiger partial charge in [0, 0.05) is 11.1 Å². The van der Waals surface area contributed by atoms with Crippen molar-refractivity contribution in [3.63, 3.8) is 0 Å². The number of benzene rings is 1. The number of carbonyl (C=O) groups is 1. The third-order valence-electron chi connectivity index (χ3n) is 4.31. The van der Waals surface area contributed by atoms with Gasteiger partial charge in [-0.05, 0) is 37.1 Å². The highest BCUT2D eigenvalue weighted by Crippen LogP contribution is 2.30. The minimum absolute atomic E-state index is 0.00334. The van der Waals surface area contributed by atoms with Crippen molar-refractivity contribution >= 4 is 27.3 Å². The smallest absolute Gasteiger partial charge is 0.272 e. The Morgan fingerprint density at radius 1 is 1.42 bits per heavy atom. The molecular weight excluding hydrogens is 378 g/mol. The fourth-order valence-corrected chi connectivity index (χ4v) is 4.75. The fraction of sp³-hybridized carbons (Fsp3) is 0.412. The highest BCUT2D eigenvalue weighted by atomic mass is 35.5. The summed E-state index contributed by atoms with van der Waals surface area (Å²) in [5.74, 6) is -0.300. The predicted octanol–water partition coefficient (Wildman–Crippen LogP) is 1.67. The second kappa shape index (κ2) is 7.38. The average molecular weight is 398 g/mol. The summed E-state index contributed by atoms with van der Waals surface area (Å²) >= 11 is 5.94. The molecule has 1 saturated heterocycles. The lowest BCUT2D eigenvalue weighted by molar-refractivity contribution is 0.0916. The molecule has 0 spiro atoms. The molecule has 140 valence electrons. The maximum Gasteiger partial charge on any atom is 0.272 e. The van der Waals surface area contributed by atoms with Gasteiger partial charge in [0.15, 0.2) is 15.5 Å². The van der Waals surface area contributed by atoms with E-state index in [2.05, 4.69) is 10.4 Å². The molecule has 1 aromatic carbocycles. The first-order valence-electron chi connectivity index (χ1n) is 8.26. The Kier molecular flexibility index (Phi) is 5.36. The van der Waals surface area contributed by atoms with Crippen molar-refractivity contribution in [3.05, 3.63) is 41.0 Å². The first-order valence-corrected chi connectivity index (χ1v) is 10.5. The normalized spacial score (nSPS) is 20.0. The molecule has 1 aliphatic heterocycles. The lowest BCUT2D eigenvalue weighted by Crippen LogP contribution is -2.35. The molecule has 1 amide bonds. The monoisotopic (exact) mass is 397 g/mol. The second-order valence-corrected chi connectivity index (χ2v) is 9.15. The van der Waals surface area contributed by atoms with Gasteiger partial charge in [-0.25, -0.2) is 8.42 Å². The molecule has 26 heavy (non-hydrogen) atoms. The van der Waals surface area contributed by atoms with Crippen molar-refractivity contribution in [1.29, 1.82) is 0 Å². The molecule has 0 radical (unpaired) electrons. The molecule has 2 atom stereocenters. The summed E-state index contributed by atoms with van der Waals surface area (Å²) in [5.41, 5.74) is 1.63. The Morgan fingerprint density at radius 3 is 2.69 bits per heavy atom. The van der Waals surface area contributed by atoms with Gasteiger partial charge in [0.25, 0.3) is 5.91 Å². The standard InChI is InChI=1S/C17H20ClN3O4S/c1-11(9-22)19-17(23)15-8-16(12-2-4-13(18)5-3-12)21(20-15)14-6-7-26(24,25)10-14/h2-5,8,11,14,22H,6-7,9-10H2,1H3,(H,19,23)/t11-,14-/m1/s1. The Morgan fingerprint density at radius 2 is 2.12 bits per heavy atom. The molecule has 7 nitrogen and oxygen atoms in total. The Hall–Kier alpha value is -1.90. The zero-order valence-electron chi connectivity index (χ0n) is 14.2. The summed E-state index contributed by atoms with van der Waals surface area (Å²) in [6.07, 6.45) is 0.457. The van der Waals surface area contributed by atoms with E-state index in [0.717, 1.165) is 5.56 Å². The van der Waals surface area contributed by atoms with Crippen LogP contribution in [0.1, 0.15) is 29.9 Å². The van der Waals surface area contributed by atoms with E-state index in [4.69, 9.17) is 16.7 Å². The van der Waals surface area contributed by atoms with Gasteiger partial charge >= 0.3 is 0 Å². The molecule has 1 fully saturated rings. The predicted molar refractivity (Wildman–Crippen MR) is 99.0 cm³/mol. The third kappa shape index (κ3) is 4.08. The van der Waals surface area contributed by atoms with Crippen LogP contribution in [0, 0.1) is 0 Å². The lowest BCUT2D eigenvalue weighted by Gasteiger charge is -2.13. The number of amides is 1. The second-order valence-electron chi connectivity index (χ2n) is 6.48. The number of aliphatic hydroxyl groups excluding tert-OH is 1. The first-order chi connectivity index (χ1) is 12.3. The summed E-state index contributed by atoms with van der Waals surface area (Å²) in [4.78, 5) is 12.4. The van der Waals surface area contributed by atoms with Crippen molar-refractivity contribution < 1.29 is 18.3 Å². The molecule has 0 aliphatic carbocycles. The van der Waals surface area contributed by atoms with Crippen LogP contribution in [0.25, 0.3) is 11.3 Å². The molecule has 2 heterocycles. The Labute approximate surface area is 156 Å². The molecular formula is C17H20ClN3O4S. The van der Waals surface area contributed by atoms with Crippen LogP contribution in [-0.2, 0) is 9.84 Å². The molecule has 3 rings (SSSR count). The zero-order chi connectivity index (χ0) is 18.9. The van der Waals surface area contributed by atoms with E-state index >= 15 is 0 Å². The molecule has 2 N–H and O–H groups in total. The van der Waals surface area contributed by atoms with Crippen LogP contribution in [-0.4, -0.2) is 53.4 Å². The van der Waals surface area contributed by atoms with Crippen LogP contribution in [0.2, 0.25) is 5.02 Å². The van der Waals surface area contributed by atoms with E-state index in [9.17, 15) is 13.2 Å². The summed E-state index contributed by atoms with van der Waals surface area (Å²) in [7, 11) is -3.10. The van der Waals surface area contributed by atoms with E-state index < -0.39 is 21.8 Å². The number of carbonyl (C=O) groups excluding carboxylic acids is 1. The van der Waals surface area contributed by atoms with Gasteiger partial charge in [0.2, 0.25) is 0 Å². The SMILES string of the molecule is C[C@H](CO)NC(=O)c1cc(-c2ccc(Cl)cc2)n([C@@H]2CCS(=O)(=O)C2)n1. The topological polar surface area (TPSA) is 101 Å². The van der Waals surface area contributed by atoms with Gasteiger partial charge in [-0.15, -0.1) is 0 Å². The molecule has 9 heteroatoms. The fourth-order valence-electron chi connectivity index (χ4n) is 2.93. The van der Waals surface area contributed by atoms with Gasteiger partial charge in [0.1, 0.15) is 0 Å². The summed E-state index contributed by atoms with van der Waals surface area (Å²) in [6, 6.07) is 7.98. The van der Waals surface area contributed by atoms with Crippen LogP contribution in [0.5, 0.6) is 0 Å². The van der Waals surface area contributed by atoms with Crippen molar-refractivity contribution in [2.24, 2.45) is 0 Å². The number of halogens is 1. The highest BCUT2D eigenvalue weighted by Gasteiger charge is 2.32. The largest absolute Gasteiger partial charge is 0.394 e. The molecule has 1 aromatic heterocycles. The van der Waals surface area contributed by atoms with Crippen molar-refractivity contribution in [2.75, 3.05) is 18.1 Å². The highest BCUT2D eigenvalue weighted by molar-refractivity contribution is 7.91. The van der Waals surface area contributed by atoms with Crippen molar-refractivity contribution in [2.45, 2.75) is 25.4 Å². The van der Waals surface area contributed by atoms with Crippen molar-refractivity contribution in [3.8, 4) is 11.3 Å². The number of nitrogens with zero attached hydrogens (tertiary/aromatic N) is 2. The van der Waals surface area contributed by atoms with Gasteiger partial charge in [-0.3, -0.25) is 9.48 Å². The minimum atomic E-state index is -3.10. The van der Waals surface area contributed by atoms with Crippen LogP contribution in [0.4, 0.5) is 0 Å². The average Bonchev–Trinajstić information content (AvgIpc) is 3.18. The van der Waals surface area contributed by atoms with E-state index in [1.807, 2.05) is 0 Å². The molecule has 2 aromatic rings. The van der Waals surface area contributed by atoms with Crippen LogP contribution in [0.3, 0.4) is 0 Å². The van der Waals surface area contributed by atoms with Gasteiger partial charge in [-0.1, -0.05) is 23.7 Å². The number of nitrogens with one attached hydrogen (secondary N) is 1. The lowest BCUT2D eigenvalue weighted by atomic mass is 10.1. The van der Waals surface area contributed by atoms with E-state index in [1.165, 1.54) is 0 Å². The van der Waals surface area contributed by atoms with E-state index in [-0.39, 0.29) is 29.8 Å². The zero-order valence-corrected chi connectivity index (χ0v) is 15.8. The third-order valence-corrected chi connectivity index (χ3v) is 6.32. The van der Waals surface area contributed by atoms with Gasteiger partial charge < -0.3 is 10.4 Å². The Balaban J connectivity index is 2.00. The van der Waals surface area contributed by atoms with Crippen LogP contribution in [0.15, 0.2) is 30.3 Å². The van der Waals surface area contributed by atoms with Crippen LogP contribution >= 0.6 is 11.6 Å². The summed E-state index contributed by atoms with van der Waals surface area (Å²) < 4.78 is 25.3. The van der Waals surface area contributed by atoms with Crippen molar-refractivity contribution in [1.82, 2.24) is 15.1 Å². The maximum atomic E-state index is 12.4. The number of aliphatic hydroxyl groups is 1. The van der Waals surface area contributed by atoms with Gasteiger partial charge in [0.05, 0.1) is 29.8 Å². The number of rotatable bonds is 5. The molecule has 1 aliphatic rings. The number of hydrogen-bond acceptors (Lipinski definition) is 5. The molecule has 0 saturated carbocycles. The summed E-state index contributed by atoms with van der Waals surface area (Å²) in [5, 5.41) is 16.7. The quantitative estimate of drug-likeness (QED) is 0.799. The van der Waals surface area contributed by atoms with Gasteiger partial charge in [-0.2, -0.15) is 5.10 Å². The minimum Gasteiger partial charge on any atom is -0.394 e. The number of aromatic nitrogens is 2. The molecule has 0 unspecified atom stereocenters. The number of hydrogen-bond donors (Lipinski definition) is 2. The maximum absolute atomic E-state index is 12.4. The van der Waals surface area contributed by atoms with E-state index in [1.54, 1.807) is 41.9 Å². The number of sulfone groups is 1. The van der Waals surface area contributed by atoms with E-state index in [0.29, 0.717) is 17.1 Å². The Bertz CT molecular complexity index is 909. The molecule has 0 bridgehead atoms. The first kappa shape index (κ1) is 18.9. The summed E-state index contributed by atoms with van der Waals surface area (Å²) in [6.45, 7) is 1.50.